The average Bonchev–Trinajstić information content (AvgIpc) is 3.55. The van der Waals surface area contributed by atoms with Crippen molar-refractivity contribution in [2.45, 2.75) is 38.2 Å². The van der Waals surface area contributed by atoms with Crippen LogP contribution in [0.25, 0.3) is 0 Å². The van der Waals surface area contributed by atoms with Crippen LogP contribution in [0.15, 0.2) is 27.8 Å². The van der Waals surface area contributed by atoms with Gasteiger partial charge in [-0.25, -0.2) is 0 Å². The first-order valence-electron chi connectivity index (χ1n) is 11.5. The van der Waals surface area contributed by atoms with Crippen molar-refractivity contribution in [1.82, 2.24) is 20.0 Å². The summed E-state index contributed by atoms with van der Waals surface area (Å²) < 4.78 is 11.2. The number of nitrogens with one attached hydrogen (secondary N) is 1. The molecule has 166 valence electrons. The molecule has 0 aliphatic carbocycles. The second-order valence-electron chi connectivity index (χ2n) is 8.41. The third kappa shape index (κ3) is 5.98. The van der Waals surface area contributed by atoms with Crippen LogP contribution >= 0.6 is 0 Å². The molecule has 0 spiro atoms. The van der Waals surface area contributed by atoms with Crippen molar-refractivity contribution < 1.29 is 13.9 Å². The molecule has 1 atom stereocenters. The number of amides is 1. The van der Waals surface area contributed by atoms with Gasteiger partial charge in [-0.3, -0.25) is 14.7 Å². The largest absolute Gasteiger partial charge is 0.469 e. The number of piperazine rings is 1. The smallest absolute Gasteiger partial charge is 0.236 e. The van der Waals surface area contributed by atoms with Crippen molar-refractivity contribution in [2.24, 2.45) is 4.99 Å². The molecule has 1 unspecified atom stereocenters. The number of guanidine groups is 1. The van der Waals surface area contributed by atoms with Crippen LogP contribution in [0, 0.1) is 0 Å². The molecule has 8 nitrogen and oxygen atoms in total. The molecule has 0 radical (unpaired) electrons. The zero-order valence-electron chi connectivity index (χ0n) is 17.9. The zero-order chi connectivity index (χ0) is 20.6. The van der Waals surface area contributed by atoms with Crippen molar-refractivity contribution in [3.63, 3.8) is 0 Å². The van der Waals surface area contributed by atoms with Gasteiger partial charge in [-0.2, -0.15) is 0 Å². The molecule has 4 rings (SSSR count). The normalized spacial score (nSPS) is 23.3. The Labute approximate surface area is 179 Å². The molecule has 4 heterocycles. The van der Waals surface area contributed by atoms with Gasteiger partial charge in [0.05, 0.1) is 25.5 Å². The molecule has 0 bridgehead atoms. The summed E-state index contributed by atoms with van der Waals surface area (Å²) in [6.45, 7) is 8.28. The lowest BCUT2D eigenvalue weighted by Gasteiger charge is -2.36. The Morgan fingerprint density at radius 2 is 1.93 bits per heavy atom. The topological polar surface area (TPSA) is 73.5 Å². The van der Waals surface area contributed by atoms with Crippen LogP contribution < -0.4 is 5.32 Å². The van der Waals surface area contributed by atoms with Crippen molar-refractivity contribution in [2.75, 3.05) is 65.5 Å². The summed E-state index contributed by atoms with van der Waals surface area (Å²) in [5.74, 6) is 2.21. The lowest BCUT2D eigenvalue weighted by Crippen LogP contribution is -2.54. The molecule has 3 aliphatic rings. The number of ether oxygens (including phenoxy) is 1. The molecule has 8 heteroatoms. The Hall–Kier alpha value is -2.06. The van der Waals surface area contributed by atoms with Crippen LogP contribution in [-0.2, 0) is 16.0 Å². The van der Waals surface area contributed by atoms with Gasteiger partial charge in [-0.1, -0.05) is 0 Å². The second-order valence-corrected chi connectivity index (χ2v) is 8.41. The first-order chi connectivity index (χ1) is 14.8. The Morgan fingerprint density at radius 1 is 1.10 bits per heavy atom. The summed E-state index contributed by atoms with van der Waals surface area (Å²) in [6.07, 6.45) is 7.30. The van der Waals surface area contributed by atoms with Gasteiger partial charge in [0.15, 0.2) is 5.96 Å². The fourth-order valence-electron chi connectivity index (χ4n) is 4.37. The van der Waals surface area contributed by atoms with Crippen LogP contribution in [0.1, 0.15) is 31.4 Å². The lowest BCUT2D eigenvalue weighted by atomic mass is 10.2. The first-order valence-corrected chi connectivity index (χ1v) is 11.5. The first kappa shape index (κ1) is 21.2. The van der Waals surface area contributed by atoms with Crippen LogP contribution in [-0.4, -0.2) is 98.2 Å². The van der Waals surface area contributed by atoms with E-state index in [1.54, 1.807) is 6.26 Å². The van der Waals surface area contributed by atoms with Gasteiger partial charge in [0, 0.05) is 58.8 Å². The van der Waals surface area contributed by atoms with E-state index in [2.05, 4.69) is 15.1 Å². The van der Waals surface area contributed by atoms with Crippen molar-refractivity contribution in [1.29, 1.82) is 0 Å². The minimum absolute atomic E-state index is 0.242. The summed E-state index contributed by atoms with van der Waals surface area (Å²) in [4.78, 5) is 23.9. The second kappa shape index (κ2) is 10.8. The number of aliphatic imine (C=N–C) groups is 1. The Balaban J connectivity index is 1.27. The third-order valence-corrected chi connectivity index (χ3v) is 6.19. The molecule has 0 aromatic carbocycles. The SMILES string of the molecule is O=C(CN1CCN(C(=NCC2CCCO2)NCCc2ccco2)CC1)N1CCCC1. The number of furan rings is 1. The minimum Gasteiger partial charge on any atom is -0.469 e. The van der Waals surface area contributed by atoms with Gasteiger partial charge in [-0.05, 0) is 37.8 Å². The number of rotatable bonds is 7. The lowest BCUT2D eigenvalue weighted by molar-refractivity contribution is -0.131. The molecule has 3 saturated heterocycles. The maximum atomic E-state index is 12.4. The molecule has 1 aromatic rings. The standard InChI is InChI=1S/C22H35N5O3/c28-21(26-9-1-2-10-26)18-25-11-13-27(14-12-25)22(24-17-20-6-4-16-30-20)23-8-7-19-5-3-15-29-19/h3,5,15,20H,1-2,4,6-14,16-18H2,(H,23,24). The number of hydrogen-bond acceptors (Lipinski definition) is 5. The predicted octanol–water partition coefficient (Wildman–Crippen LogP) is 1.19. The van der Waals surface area contributed by atoms with Gasteiger partial charge in [0.25, 0.3) is 0 Å². The fraction of sp³-hybridized carbons (Fsp3) is 0.727. The molecular weight excluding hydrogens is 382 g/mol. The van der Waals surface area contributed by atoms with Crippen LogP contribution in [0.2, 0.25) is 0 Å². The van der Waals surface area contributed by atoms with Gasteiger partial charge in [0.2, 0.25) is 5.91 Å². The van der Waals surface area contributed by atoms with Crippen LogP contribution in [0.3, 0.4) is 0 Å². The van der Waals surface area contributed by atoms with E-state index in [9.17, 15) is 4.79 Å². The molecule has 1 N–H and O–H groups in total. The van der Waals surface area contributed by atoms with Gasteiger partial charge in [0.1, 0.15) is 5.76 Å². The van der Waals surface area contributed by atoms with E-state index >= 15 is 0 Å². The van der Waals surface area contributed by atoms with Gasteiger partial charge < -0.3 is 24.3 Å². The van der Waals surface area contributed by atoms with E-state index in [1.807, 2.05) is 17.0 Å². The molecular formula is C22H35N5O3. The number of hydrogen-bond donors (Lipinski definition) is 1. The zero-order valence-corrected chi connectivity index (χ0v) is 17.9. The van der Waals surface area contributed by atoms with E-state index in [-0.39, 0.29) is 12.0 Å². The van der Waals surface area contributed by atoms with Gasteiger partial charge in [-0.15, -0.1) is 0 Å². The summed E-state index contributed by atoms with van der Waals surface area (Å²) in [7, 11) is 0. The monoisotopic (exact) mass is 417 g/mol. The van der Waals surface area contributed by atoms with E-state index in [4.69, 9.17) is 14.1 Å². The van der Waals surface area contributed by atoms with E-state index < -0.39 is 0 Å². The fourth-order valence-corrected chi connectivity index (χ4v) is 4.37. The highest BCUT2D eigenvalue weighted by molar-refractivity contribution is 5.80. The Morgan fingerprint density at radius 3 is 2.63 bits per heavy atom. The van der Waals surface area contributed by atoms with Crippen LogP contribution in [0.5, 0.6) is 0 Å². The maximum Gasteiger partial charge on any atom is 0.236 e. The maximum absolute atomic E-state index is 12.4. The Kier molecular flexibility index (Phi) is 7.64. The highest BCUT2D eigenvalue weighted by Crippen LogP contribution is 2.13. The molecule has 1 amide bonds. The average molecular weight is 418 g/mol. The minimum atomic E-state index is 0.242. The summed E-state index contributed by atoms with van der Waals surface area (Å²) in [6, 6.07) is 3.92. The summed E-state index contributed by atoms with van der Waals surface area (Å²) >= 11 is 0. The summed E-state index contributed by atoms with van der Waals surface area (Å²) in [5, 5.41) is 3.52. The molecule has 3 aliphatic heterocycles. The van der Waals surface area contributed by atoms with Crippen LogP contribution in [0.4, 0.5) is 0 Å². The molecule has 30 heavy (non-hydrogen) atoms. The number of carbonyl (C=O) groups excluding carboxylic acids is 1. The van der Waals surface area contributed by atoms with Gasteiger partial charge >= 0.3 is 0 Å². The van der Waals surface area contributed by atoms with E-state index in [0.29, 0.717) is 13.1 Å². The number of carbonyl (C=O) groups is 1. The van der Waals surface area contributed by atoms with Crippen molar-refractivity contribution >= 4 is 11.9 Å². The van der Waals surface area contributed by atoms with E-state index in [0.717, 1.165) is 96.2 Å². The quantitative estimate of drug-likeness (QED) is 0.531. The van der Waals surface area contributed by atoms with Crippen molar-refractivity contribution in [3.8, 4) is 0 Å². The highest BCUT2D eigenvalue weighted by atomic mass is 16.5. The Bertz CT molecular complexity index is 673. The van der Waals surface area contributed by atoms with E-state index in [1.165, 1.54) is 0 Å². The summed E-state index contributed by atoms with van der Waals surface area (Å²) in [5.41, 5.74) is 0. The molecule has 0 saturated carbocycles. The number of nitrogens with zero attached hydrogens (tertiary/aromatic N) is 4. The highest BCUT2D eigenvalue weighted by Gasteiger charge is 2.25. The molecule has 3 fully saturated rings. The van der Waals surface area contributed by atoms with Crippen molar-refractivity contribution in [3.05, 3.63) is 24.2 Å². The molecule has 1 aromatic heterocycles. The predicted molar refractivity (Wildman–Crippen MR) is 116 cm³/mol. The third-order valence-electron chi connectivity index (χ3n) is 6.19. The number of likely N-dealkylation sites (tertiary alicyclic amines) is 1.